The van der Waals surface area contributed by atoms with E-state index in [-0.39, 0.29) is 11.9 Å². The molecule has 0 radical (unpaired) electrons. The fourth-order valence-electron chi connectivity index (χ4n) is 4.26. The number of hydrogen-bond acceptors (Lipinski definition) is 5. The number of likely N-dealkylation sites (tertiary alicyclic amines) is 1. The van der Waals surface area contributed by atoms with E-state index < -0.39 is 9.84 Å². The fraction of sp³-hybridized carbons (Fsp3) is 0.296. The standard InChI is InChI=1S/C27H28Cl2N2O3S2/c1-17(2)14-30-27(32)24-13-12-23(35-24)26(36(3,33)34)20-15-31(16-20)25(18-4-8-21(28)9-5-18)19-6-10-22(29)11-7-19/h4-13,17,25H,14-16H2,1-3H3,(H,30,32). The highest BCUT2D eigenvalue weighted by Gasteiger charge is 2.35. The van der Waals surface area contributed by atoms with Gasteiger partial charge in [-0.05, 0) is 59.0 Å². The van der Waals surface area contributed by atoms with E-state index in [1.54, 1.807) is 12.1 Å². The van der Waals surface area contributed by atoms with Gasteiger partial charge in [-0.25, -0.2) is 8.42 Å². The second-order valence-corrected chi connectivity index (χ2v) is 13.3. The maximum atomic E-state index is 12.9. The third-order valence-electron chi connectivity index (χ3n) is 5.94. The normalized spacial score (nSPS) is 14.2. The molecule has 0 atom stereocenters. The summed E-state index contributed by atoms with van der Waals surface area (Å²) in [5, 5.41) is 4.20. The first-order valence-electron chi connectivity index (χ1n) is 11.6. The Labute approximate surface area is 226 Å². The van der Waals surface area contributed by atoms with Crippen LogP contribution in [0, 0.1) is 5.92 Å². The number of nitrogens with zero attached hydrogens (tertiary/aromatic N) is 1. The van der Waals surface area contributed by atoms with Crippen LogP contribution in [0.3, 0.4) is 0 Å². The highest BCUT2D eigenvalue weighted by molar-refractivity contribution is 8.00. The van der Waals surface area contributed by atoms with Gasteiger partial charge in [-0.3, -0.25) is 9.69 Å². The summed E-state index contributed by atoms with van der Waals surface area (Å²) in [4.78, 5) is 16.1. The van der Waals surface area contributed by atoms with E-state index in [0.717, 1.165) is 16.7 Å². The zero-order chi connectivity index (χ0) is 26.0. The molecule has 1 aromatic heterocycles. The summed E-state index contributed by atoms with van der Waals surface area (Å²) >= 11 is 13.5. The van der Waals surface area contributed by atoms with Crippen molar-refractivity contribution in [2.45, 2.75) is 19.9 Å². The lowest BCUT2D eigenvalue weighted by Crippen LogP contribution is -2.44. The molecule has 4 rings (SSSR count). The van der Waals surface area contributed by atoms with Crippen LogP contribution in [-0.4, -0.2) is 45.1 Å². The minimum absolute atomic E-state index is 0.0789. The number of hydrogen-bond donors (Lipinski definition) is 1. The average molecular weight is 564 g/mol. The molecule has 0 unspecified atom stereocenters. The summed E-state index contributed by atoms with van der Waals surface area (Å²) in [6.45, 7) is 5.60. The molecular weight excluding hydrogens is 535 g/mol. The van der Waals surface area contributed by atoms with Crippen LogP contribution in [0.4, 0.5) is 0 Å². The molecule has 1 aliphatic heterocycles. The first-order valence-corrected chi connectivity index (χ1v) is 15.0. The average Bonchev–Trinajstić information content (AvgIpc) is 3.26. The van der Waals surface area contributed by atoms with Gasteiger partial charge >= 0.3 is 0 Å². The molecule has 2 heterocycles. The fourth-order valence-corrected chi connectivity index (χ4v) is 7.09. The van der Waals surface area contributed by atoms with Crippen LogP contribution in [0.1, 0.15) is 45.6 Å². The summed E-state index contributed by atoms with van der Waals surface area (Å²) in [6, 6.07) is 18.7. The van der Waals surface area contributed by atoms with Crippen molar-refractivity contribution in [2.75, 3.05) is 25.9 Å². The Morgan fingerprint density at radius 1 is 0.917 bits per heavy atom. The van der Waals surface area contributed by atoms with Crippen molar-refractivity contribution >= 4 is 55.2 Å². The molecule has 9 heteroatoms. The highest BCUT2D eigenvalue weighted by atomic mass is 35.5. The minimum atomic E-state index is -3.51. The topological polar surface area (TPSA) is 66.5 Å². The van der Waals surface area contributed by atoms with Crippen molar-refractivity contribution in [3.63, 3.8) is 0 Å². The van der Waals surface area contributed by atoms with E-state index in [0.29, 0.717) is 50.3 Å². The molecule has 5 nitrogen and oxygen atoms in total. The predicted molar refractivity (Wildman–Crippen MR) is 150 cm³/mol. The van der Waals surface area contributed by atoms with Gasteiger partial charge in [0.25, 0.3) is 5.91 Å². The molecule has 1 fully saturated rings. The van der Waals surface area contributed by atoms with Gasteiger partial charge in [0, 0.05) is 40.8 Å². The number of nitrogens with one attached hydrogen (secondary N) is 1. The molecule has 190 valence electrons. The van der Waals surface area contributed by atoms with Crippen LogP contribution >= 0.6 is 34.5 Å². The van der Waals surface area contributed by atoms with Crippen LogP contribution in [0.2, 0.25) is 10.0 Å². The lowest BCUT2D eigenvalue weighted by Gasteiger charge is -2.42. The number of carbonyl (C=O) groups is 1. The summed E-state index contributed by atoms with van der Waals surface area (Å²) in [5.74, 6) is 0.149. The van der Waals surface area contributed by atoms with Crippen LogP contribution in [0.15, 0.2) is 66.2 Å². The van der Waals surface area contributed by atoms with E-state index in [1.807, 2.05) is 62.4 Å². The lowest BCUT2D eigenvalue weighted by atomic mass is 9.92. The molecule has 1 saturated heterocycles. The Balaban J connectivity index is 1.64. The van der Waals surface area contributed by atoms with Crippen LogP contribution in [-0.2, 0) is 9.84 Å². The van der Waals surface area contributed by atoms with Crippen molar-refractivity contribution < 1.29 is 13.2 Å². The SMILES string of the molecule is CC(C)CNC(=O)c1ccc(C(=C2CN(C(c3ccc(Cl)cc3)c3ccc(Cl)cc3)C2)S(C)(=O)=O)s1. The van der Waals surface area contributed by atoms with Crippen molar-refractivity contribution in [3.05, 3.63) is 97.2 Å². The van der Waals surface area contributed by atoms with E-state index in [9.17, 15) is 13.2 Å². The second-order valence-electron chi connectivity index (χ2n) is 9.38. The molecule has 0 saturated carbocycles. The molecule has 1 N–H and O–H groups in total. The van der Waals surface area contributed by atoms with E-state index in [1.165, 1.54) is 17.6 Å². The number of thiophene rings is 1. The number of amides is 1. The van der Waals surface area contributed by atoms with Crippen molar-refractivity contribution in [2.24, 2.45) is 5.92 Å². The molecule has 3 aromatic rings. The van der Waals surface area contributed by atoms with E-state index in [2.05, 4.69) is 10.2 Å². The van der Waals surface area contributed by atoms with E-state index >= 15 is 0 Å². The highest BCUT2D eigenvalue weighted by Crippen LogP contribution is 2.40. The zero-order valence-electron chi connectivity index (χ0n) is 20.3. The third-order valence-corrected chi connectivity index (χ3v) is 8.93. The van der Waals surface area contributed by atoms with Crippen LogP contribution in [0.5, 0.6) is 0 Å². The van der Waals surface area contributed by atoms with Gasteiger partial charge in [0.05, 0.1) is 15.8 Å². The number of sulfone groups is 1. The number of benzene rings is 2. The Morgan fingerprint density at radius 3 is 1.89 bits per heavy atom. The molecule has 0 bridgehead atoms. The summed E-state index contributed by atoms with van der Waals surface area (Å²) in [6.07, 6.45) is 1.23. The third kappa shape index (κ3) is 6.21. The van der Waals surface area contributed by atoms with Crippen LogP contribution in [0.25, 0.3) is 4.91 Å². The molecule has 36 heavy (non-hydrogen) atoms. The number of carbonyl (C=O) groups excluding carboxylic acids is 1. The van der Waals surface area contributed by atoms with Crippen molar-refractivity contribution in [1.82, 2.24) is 10.2 Å². The number of rotatable bonds is 8. The second kappa shape index (κ2) is 11.1. The lowest BCUT2D eigenvalue weighted by molar-refractivity contribution is 0.0953. The van der Waals surface area contributed by atoms with Crippen LogP contribution < -0.4 is 5.32 Å². The Bertz CT molecular complexity index is 1330. The summed E-state index contributed by atoms with van der Waals surface area (Å²) in [5.41, 5.74) is 2.95. The monoisotopic (exact) mass is 562 g/mol. The molecule has 1 aliphatic rings. The molecule has 1 amide bonds. The zero-order valence-corrected chi connectivity index (χ0v) is 23.4. The Kier molecular flexibility index (Phi) is 8.27. The smallest absolute Gasteiger partial charge is 0.261 e. The first-order chi connectivity index (χ1) is 17.0. The minimum Gasteiger partial charge on any atom is -0.351 e. The first kappa shape index (κ1) is 26.9. The summed E-state index contributed by atoms with van der Waals surface area (Å²) in [7, 11) is -3.51. The predicted octanol–water partition coefficient (Wildman–Crippen LogP) is 6.30. The summed E-state index contributed by atoms with van der Waals surface area (Å²) < 4.78 is 25.7. The van der Waals surface area contributed by atoms with Crippen molar-refractivity contribution in [3.8, 4) is 0 Å². The van der Waals surface area contributed by atoms with Gasteiger partial charge in [-0.15, -0.1) is 11.3 Å². The van der Waals surface area contributed by atoms with Gasteiger partial charge in [0.15, 0.2) is 9.84 Å². The van der Waals surface area contributed by atoms with Gasteiger partial charge < -0.3 is 5.32 Å². The molecule has 2 aromatic carbocycles. The van der Waals surface area contributed by atoms with Gasteiger partial charge in [0.2, 0.25) is 0 Å². The Hall–Kier alpha value is -2.16. The quantitative estimate of drug-likeness (QED) is 0.349. The van der Waals surface area contributed by atoms with E-state index in [4.69, 9.17) is 23.2 Å². The molecular formula is C27H28Cl2N2O3S2. The maximum Gasteiger partial charge on any atom is 0.261 e. The maximum absolute atomic E-state index is 12.9. The van der Waals surface area contributed by atoms with Gasteiger partial charge in [-0.1, -0.05) is 61.3 Å². The van der Waals surface area contributed by atoms with Gasteiger partial charge in [0.1, 0.15) is 0 Å². The van der Waals surface area contributed by atoms with Gasteiger partial charge in [-0.2, -0.15) is 0 Å². The van der Waals surface area contributed by atoms with Crippen molar-refractivity contribution in [1.29, 1.82) is 0 Å². The largest absolute Gasteiger partial charge is 0.351 e. The Morgan fingerprint density at radius 2 is 1.42 bits per heavy atom. The molecule has 0 aliphatic carbocycles. The number of halogens is 2. The molecule has 0 spiro atoms.